The van der Waals surface area contributed by atoms with E-state index in [1.165, 1.54) is 0 Å². The number of hydrogen-bond donors (Lipinski definition) is 4. The van der Waals surface area contributed by atoms with Crippen molar-refractivity contribution in [2.75, 3.05) is 40.3 Å². The van der Waals surface area contributed by atoms with Gasteiger partial charge in [-0.2, -0.15) is 0 Å². The Labute approximate surface area is 222 Å². The van der Waals surface area contributed by atoms with Crippen molar-refractivity contribution in [3.8, 4) is 5.75 Å². The van der Waals surface area contributed by atoms with Crippen molar-refractivity contribution in [1.82, 2.24) is 25.8 Å². The third-order valence-corrected chi connectivity index (χ3v) is 6.63. The first kappa shape index (κ1) is 28.9. The fourth-order valence-corrected chi connectivity index (χ4v) is 4.62. The number of primary amides is 1. The Balaban J connectivity index is 1.87. The minimum absolute atomic E-state index is 0.0283. The first-order valence-corrected chi connectivity index (χ1v) is 13.0. The number of hydrogen-bond acceptors (Lipinski definition) is 7. The zero-order valence-electron chi connectivity index (χ0n) is 22.0. The van der Waals surface area contributed by atoms with Crippen LogP contribution in [0.15, 0.2) is 24.3 Å². The van der Waals surface area contributed by atoms with Crippen molar-refractivity contribution >= 4 is 29.5 Å². The van der Waals surface area contributed by atoms with Crippen LogP contribution < -0.4 is 26.4 Å². The van der Waals surface area contributed by atoms with E-state index < -0.39 is 42.1 Å². The number of nitrogens with two attached hydrogens (primary N) is 1. The molecule has 1 aromatic carbocycles. The maximum Gasteiger partial charge on any atom is 0.255 e. The first-order chi connectivity index (χ1) is 18.2. The van der Waals surface area contributed by atoms with Crippen molar-refractivity contribution in [3.05, 3.63) is 29.8 Å². The van der Waals surface area contributed by atoms with E-state index >= 15 is 0 Å². The number of nitrogens with zero attached hydrogens (tertiary/aromatic N) is 2. The molecule has 0 aliphatic carbocycles. The van der Waals surface area contributed by atoms with Gasteiger partial charge in [0.2, 0.25) is 23.6 Å². The summed E-state index contributed by atoms with van der Waals surface area (Å²) in [7, 11) is 3.84. The first-order valence-electron chi connectivity index (χ1n) is 13.0. The summed E-state index contributed by atoms with van der Waals surface area (Å²) in [5.41, 5.74) is 5.53. The molecule has 2 aliphatic heterocycles. The summed E-state index contributed by atoms with van der Waals surface area (Å²) >= 11 is 0. The van der Waals surface area contributed by atoms with Gasteiger partial charge >= 0.3 is 0 Å². The highest BCUT2D eigenvalue weighted by Gasteiger charge is 2.36. The molecule has 0 bridgehead atoms. The van der Waals surface area contributed by atoms with Crippen molar-refractivity contribution in [2.45, 2.75) is 56.7 Å². The molecule has 0 radical (unpaired) electrons. The summed E-state index contributed by atoms with van der Waals surface area (Å²) in [5.74, 6) is -2.27. The number of ether oxygens (including phenoxy) is 1. The lowest BCUT2D eigenvalue weighted by Crippen LogP contribution is -2.54. The number of carbonyl (C=O) groups is 5. The number of rotatable bonds is 8. The molecule has 0 unspecified atom stereocenters. The van der Waals surface area contributed by atoms with E-state index in [2.05, 4.69) is 16.0 Å². The van der Waals surface area contributed by atoms with Gasteiger partial charge in [0.25, 0.3) is 5.91 Å². The third kappa shape index (κ3) is 8.17. The van der Waals surface area contributed by atoms with Gasteiger partial charge in [0.1, 0.15) is 24.4 Å². The quantitative estimate of drug-likeness (QED) is 0.325. The summed E-state index contributed by atoms with van der Waals surface area (Å²) in [6.45, 7) is 1.75. The van der Waals surface area contributed by atoms with E-state index in [1.54, 1.807) is 29.2 Å². The van der Waals surface area contributed by atoms with E-state index in [9.17, 15) is 24.0 Å². The van der Waals surface area contributed by atoms with Crippen LogP contribution in [0.5, 0.6) is 5.75 Å². The SMILES string of the molecule is CN(C)CCCNC(=O)[C@@H]1CC(=O)N[C@@H](CCC(N)=O)C(=O)N2CCC[C@@H]2COc2ccccc2C(=O)N1. The van der Waals surface area contributed by atoms with Gasteiger partial charge in [-0.05, 0) is 58.5 Å². The average molecular weight is 531 g/mol. The lowest BCUT2D eigenvalue weighted by Gasteiger charge is -2.30. The molecular weight excluding hydrogens is 492 g/mol. The smallest absolute Gasteiger partial charge is 0.255 e. The average Bonchev–Trinajstić information content (AvgIpc) is 3.35. The van der Waals surface area contributed by atoms with E-state index in [1.807, 2.05) is 19.0 Å². The Morgan fingerprint density at radius 2 is 1.95 bits per heavy atom. The molecular formula is C26H38N6O6. The van der Waals surface area contributed by atoms with Gasteiger partial charge in [0.05, 0.1) is 18.0 Å². The summed E-state index contributed by atoms with van der Waals surface area (Å²) < 4.78 is 6.00. The normalized spacial score (nSPS) is 22.4. The fraction of sp³-hybridized carbons (Fsp3) is 0.577. The number of benzene rings is 1. The third-order valence-electron chi connectivity index (χ3n) is 6.63. The van der Waals surface area contributed by atoms with Crippen LogP contribution in [0.25, 0.3) is 0 Å². The molecule has 2 heterocycles. The number of carbonyl (C=O) groups excluding carboxylic acids is 5. The molecule has 12 nitrogen and oxygen atoms in total. The van der Waals surface area contributed by atoms with Gasteiger partial charge in [0.15, 0.2) is 0 Å². The molecule has 5 N–H and O–H groups in total. The van der Waals surface area contributed by atoms with Crippen LogP contribution in [0.3, 0.4) is 0 Å². The van der Waals surface area contributed by atoms with Crippen molar-refractivity contribution in [2.24, 2.45) is 5.73 Å². The Bertz CT molecular complexity index is 1030. The number of fused-ring (bicyclic) bond motifs is 2. The summed E-state index contributed by atoms with van der Waals surface area (Å²) in [6.07, 6.45) is 1.69. The maximum atomic E-state index is 13.4. The number of amides is 5. The predicted molar refractivity (Wildman–Crippen MR) is 139 cm³/mol. The van der Waals surface area contributed by atoms with E-state index in [0.717, 1.165) is 13.0 Å². The molecule has 12 heteroatoms. The van der Waals surface area contributed by atoms with Crippen LogP contribution in [0.1, 0.15) is 48.9 Å². The van der Waals surface area contributed by atoms with Crippen LogP contribution in [0.2, 0.25) is 0 Å². The van der Waals surface area contributed by atoms with E-state index in [-0.39, 0.29) is 37.0 Å². The van der Waals surface area contributed by atoms with Crippen molar-refractivity contribution < 1.29 is 28.7 Å². The summed E-state index contributed by atoms with van der Waals surface area (Å²) in [4.78, 5) is 67.8. The highest BCUT2D eigenvalue weighted by atomic mass is 16.5. The predicted octanol–water partition coefficient (Wildman–Crippen LogP) is -0.623. The molecule has 5 amide bonds. The Hall–Kier alpha value is -3.67. The van der Waals surface area contributed by atoms with Crippen LogP contribution in [0.4, 0.5) is 0 Å². The van der Waals surface area contributed by atoms with Crippen LogP contribution in [-0.2, 0) is 19.2 Å². The van der Waals surface area contributed by atoms with E-state index in [4.69, 9.17) is 10.5 Å². The Morgan fingerprint density at radius 1 is 1.18 bits per heavy atom. The lowest BCUT2D eigenvalue weighted by molar-refractivity contribution is -0.138. The standard InChI is InChI=1S/C26H38N6O6/c1-31(2)13-6-12-28-25(36)20-15-23(34)29-19(10-11-22(27)33)26(37)32-14-5-7-17(32)16-38-21-9-4-3-8-18(21)24(35)30-20/h3-4,8-9,17,19-20H,5-7,10-16H2,1-2H3,(H2,27,33)(H,28,36)(H,29,34)(H,30,35)/t17-,19+,20+/m1/s1. The van der Waals surface area contributed by atoms with Gasteiger partial charge < -0.3 is 36.2 Å². The molecule has 1 aromatic rings. The lowest BCUT2D eigenvalue weighted by atomic mass is 10.1. The minimum atomic E-state index is -1.19. The molecule has 3 rings (SSSR count). The number of para-hydroxylation sites is 1. The van der Waals surface area contributed by atoms with Crippen molar-refractivity contribution in [3.63, 3.8) is 0 Å². The molecule has 3 atom stereocenters. The zero-order chi connectivity index (χ0) is 27.7. The molecule has 0 saturated carbocycles. The molecule has 0 aromatic heterocycles. The highest BCUT2D eigenvalue weighted by Crippen LogP contribution is 2.24. The second kappa shape index (κ2) is 13.8. The molecule has 2 aliphatic rings. The minimum Gasteiger partial charge on any atom is -0.491 e. The molecule has 38 heavy (non-hydrogen) atoms. The van der Waals surface area contributed by atoms with Gasteiger partial charge in [-0.3, -0.25) is 24.0 Å². The Morgan fingerprint density at radius 3 is 2.68 bits per heavy atom. The molecule has 1 fully saturated rings. The van der Waals surface area contributed by atoms with Crippen LogP contribution >= 0.6 is 0 Å². The van der Waals surface area contributed by atoms with E-state index in [0.29, 0.717) is 31.7 Å². The second-order valence-corrected chi connectivity index (χ2v) is 9.94. The molecule has 208 valence electrons. The van der Waals surface area contributed by atoms with Gasteiger partial charge in [-0.15, -0.1) is 0 Å². The van der Waals surface area contributed by atoms with Gasteiger partial charge in [0, 0.05) is 19.5 Å². The largest absolute Gasteiger partial charge is 0.491 e. The monoisotopic (exact) mass is 530 g/mol. The van der Waals surface area contributed by atoms with Gasteiger partial charge in [-0.1, -0.05) is 12.1 Å². The van der Waals surface area contributed by atoms with Gasteiger partial charge in [-0.25, -0.2) is 0 Å². The zero-order valence-corrected chi connectivity index (χ0v) is 22.0. The molecule has 0 spiro atoms. The van der Waals surface area contributed by atoms with Crippen LogP contribution in [-0.4, -0.2) is 97.8 Å². The Kier molecular flexibility index (Phi) is 10.5. The fourth-order valence-electron chi connectivity index (χ4n) is 4.62. The summed E-state index contributed by atoms with van der Waals surface area (Å²) in [6, 6.07) is 4.21. The number of nitrogens with one attached hydrogen (secondary N) is 3. The highest BCUT2D eigenvalue weighted by molar-refractivity contribution is 6.01. The molecule has 1 saturated heterocycles. The summed E-state index contributed by atoms with van der Waals surface area (Å²) in [5, 5.41) is 8.10. The maximum absolute atomic E-state index is 13.4. The van der Waals surface area contributed by atoms with Crippen LogP contribution in [0, 0.1) is 0 Å². The topological polar surface area (TPSA) is 163 Å². The second-order valence-electron chi connectivity index (χ2n) is 9.94. The van der Waals surface area contributed by atoms with Crippen molar-refractivity contribution in [1.29, 1.82) is 0 Å².